The van der Waals surface area contributed by atoms with Crippen LogP contribution >= 0.6 is 0 Å². The Morgan fingerprint density at radius 3 is 2.52 bits per heavy atom. The number of benzene rings is 2. The number of nitrogens with one attached hydrogen (secondary N) is 2. The second-order valence-electron chi connectivity index (χ2n) is 7.58. The van der Waals surface area contributed by atoms with Crippen molar-refractivity contribution in [2.24, 2.45) is 5.92 Å². The molecule has 1 atom stereocenters. The van der Waals surface area contributed by atoms with E-state index in [0.717, 1.165) is 0 Å². The Bertz CT molecular complexity index is 1110. The van der Waals surface area contributed by atoms with Crippen LogP contribution < -0.4 is 15.4 Å². The fourth-order valence-electron chi connectivity index (χ4n) is 3.63. The summed E-state index contributed by atoms with van der Waals surface area (Å²) in [6.45, 7) is 2.00. The summed E-state index contributed by atoms with van der Waals surface area (Å²) in [4.78, 5) is 24.3. The number of ether oxygens (including phenoxy) is 1. The van der Waals surface area contributed by atoms with Gasteiger partial charge in [-0.3, -0.25) is 9.59 Å². The lowest BCUT2D eigenvalue weighted by Crippen LogP contribution is -2.41. The predicted molar refractivity (Wildman–Crippen MR) is 112 cm³/mol. The third kappa shape index (κ3) is 4.40. The van der Waals surface area contributed by atoms with E-state index < -0.39 is 16.1 Å². The monoisotopic (exact) mass is 447 g/mol. The minimum absolute atomic E-state index is 0.0546. The van der Waals surface area contributed by atoms with Gasteiger partial charge in [0.15, 0.2) is 6.10 Å². The minimum Gasteiger partial charge on any atom is -0.479 e. The lowest BCUT2D eigenvalue weighted by molar-refractivity contribution is -0.123. The maximum absolute atomic E-state index is 13.1. The Morgan fingerprint density at radius 1 is 1.16 bits per heavy atom. The Morgan fingerprint density at radius 2 is 1.84 bits per heavy atom. The molecule has 1 fully saturated rings. The van der Waals surface area contributed by atoms with Gasteiger partial charge in [0, 0.05) is 24.7 Å². The zero-order valence-electron chi connectivity index (χ0n) is 16.8. The van der Waals surface area contributed by atoms with E-state index in [1.54, 1.807) is 6.92 Å². The van der Waals surface area contributed by atoms with Gasteiger partial charge in [0.2, 0.25) is 15.9 Å². The third-order valence-corrected chi connectivity index (χ3v) is 7.35. The van der Waals surface area contributed by atoms with Gasteiger partial charge in [0.1, 0.15) is 11.6 Å². The van der Waals surface area contributed by atoms with Crippen LogP contribution in [0.15, 0.2) is 47.4 Å². The summed E-state index contributed by atoms with van der Waals surface area (Å²) >= 11 is 0. The van der Waals surface area contributed by atoms with Crippen LogP contribution in [0.4, 0.5) is 15.8 Å². The molecule has 0 aromatic heterocycles. The molecule has 0 spiro atoms. The average molecular weight is 447 g/mol. The first-order valence-corrected chi connectivity index (χ1v) is 11.4. The number of anilines is 2. The van der Waals surface area contributed by atoms with Crippen LogP contribution in [0, 0.1) is 11.7 Å². The molecule has 10 heteroatoms. The molecule has 0 unspecified atom stereocenters. The molecule has 0 aliphatic carbocycles. The Balaban J connectivity index is 1.41. The first kappa shape index (κ1) is 21.3. The number of piperidine rings is 1. The summed E-state index contributed by atoms with van der Waals surface area (Å²) in [6, 6.07) is 9.85. The zero-order chi connectivity index (χ0) is 22.2. The number of sulfonamides is 1. The molecule has 2 aliphatic rings. The number of hydrogen-bond donors (Lipinski definition) is 2. The molecule has 2 aromatic carbocycles. The van der Waals surface area contributed by atoms with E-state index in [4.69, 9.17) is 4.74 Å². The maximum atomic E-state index is 13.1. The van der Waals surface area contributed by atoms with E-state index >= 15 is 0 Å². The van der Waals surface area contributed by atoms with E-state index in [9.17, 15) is 22.4 Å². The minimum atomic E-state index is -3.79. The Kier molecular flexibility index (Phi) is 5.67. The van der Waals surface area contributed by atoms with Crippen LogP contribution in [0.25, 0.3) is 0 Å². The van der Waals surface area contributed by atoms with Gasteiger partial charge < -0.3 is 15.4 Å². The standard InChI is InChI=1S/C21H22FN3O5S/c1-13-20(26)24-18-12-17(6-7-19(18)30-13)31(28,29)25-10-8-14(9-11-25)21(27)23-16-4-2-15(22)3-5-16/h2-7,12-14H,8-11H2,1H3,(H,23,27)(H,24,26)/t13-/m0/s1. The summed E-state index contributed by atoms with van der Waals surface area (Å²) < 4.78 is 45.9. The second-order valence-corrected chi connectivity index (χ2v) is 9.52. The normalized spacial score (nSPS) is 19.8. The van der Waals surface area contributed by atoms with Crippen molar-refractivity contribution in [3.05, 3.63) is 48.3 Å². The molecule has 0 radical (unpaired) electrons. The molecule has 4 rings (SSSR count). The molecule has 1 saturated heterocycles. The molecule has 164 valence electrons. The smallest absolute Gasteiger partial charge is 0.265 e. The van der Waals surface area contributed by atoms with Gasteiger partial charge in [0.05, 0.1) is 10.6 Å². The van der Waals surface area contributed by atoms with Gasteiger partial charge in [-0.15, -0.1) is 0 Å². The Labute approximate surface area is 179 Å². The van der Waals surface area contributed by atoms with E-state index in [2.05, 4.69) is 10.6 Å². The number of halogens is 1. The SMILES string of the molecule is C[C@@H]1Oc2ccc(S(=O)(=O)N3CCC(C(=O)Nc4ccc(F)cc4)CC3)cc2NC1=O. The fraction of sp³-hybridized carbons (Fsp3) is 0.333. The average Bonchev–Trinajstić information content (AvgIpc) is 2.76. The van der Waals surface area contributed by atoms with Gasteiger partial charge in [-0.2, -0.15) is 4.31 Å². The quantitative estimate of drug-likeness (QED) is 0.750. The van der Waals surface area contributed by atoms with Crippen molar-refractivity contribution in [2.75, 3.05) is 23.7 Å². The lowest BCUT2D eigenvalue weighted by Gasteiger charge is -2.31. The summed E-state index contributed by atoms with van der Waals surface area (Å²) in [6.07, 6.45) is 0.0957. The van der Waals surface area contributed by atoms with Crippen molar-refractivity contribution in [2.45, 2.75) is 30.8 Å². The highest BCUT2D eigenvalue weighted by molar-refractivity contribution is 7.89. The van der Waals surface area contributed by atoms with Crippen LogP contribution in [-0.2, 0) is 19.6 Å². The number of hydrogen-bond acceptors (Lipinski definition) is 5. The molecule has 8 nitrogen and oxygen atoms in total. The number of nitrogens with zero attached hydrogens (tertiary/aromatic N) is 1. The number of carbonyl (C=O) groups is 2. The maximum Gasteiger partial charge on any atom is 0.265 e. The summed E-state index contributed by atoms with van der Waals surface area (Å²) in [5.74, 6) is -0.864. The van der Waals surface area contributed by atoms with Crippen molar-refractivity contribution < 1.29 is 27.1 Å². The molecule has 0 saturated carbocycles. The van der Waals surface area contributed by atoms with Gasteiger partial charge in [0.25, 0.3) is 5.91 Å². The van der Waals surface area contributed by atoms with Gasteiger partial charge in [-0.05, 0) is 62.2 Å². The summed E-state index contributed by atoms with van der Waals surface area (Å²) in [5, 5.41) is 5.39. The summed E-state index contributed by atoms with van der Waals surface area (Å²) in [5.41, 5.74) is 0.812. The molecule has 0 bridgehead atoms. The molecule has 2 N–H and O–H groups in total. The number of rotatable bonds is 4. The highest BCUT2D eigenvalue weighted by atomic mass is 32.2. The van der Waals surface area contributed by atoms with Crippen LogP contribution in [0.5, 0.6) is 5.75 Å². The predicted octanol–water partition coefficient (Wildman–Crippen LogP) is 2.58. The van der Waals surface area contributed by atoms with Gasteiger partial charge in [-0.1, -0.05) is 0 Å². The second kappa shape index (κ2) is 8.27. The number of amides is 2. The van der Waals surface area contributed by atoms with Crippen molar-refractivity contribution in [1.29, 1.82) is 0 Å². The zero-order valence-corrected chi connectivity index (χ0v) is 17.6. The molecular formula is C21H22FN3O5S. The number of carbonyl (C=O) groups excluding carboxylic acids is 2. The van der Waals surface area contributed by atoms with Crippen LogP contribution in [0.3, 0.4) is 0 Å². The molecule has 2 amide bonds. The van der Waals surface area contributed by atoms with E-state index in [-0.39, 0.29) is 41.5 Å². The number of fused-ring (bicyclic) bond motifs is 1. The van der Waals surface area contributed by atoms with Crippen LogP contribution in [-0.4, -0.2) is 43.7 Å². The van der Waals surface area contributed by atoms with E-state index in [1.165, 1.54) is 46.8 Å². The van der Waals surface area contributed by atoms with Crippen molar-refractivity contribution in [1.82, 2.24) is 4.31 Å². The largest absolute Gasteiger partial charge is 0.479 e. The molecule has 2 heterocycles. The van der Waals surface area contributed by atoms with Crippen molar-refractivity contribution >= 4 is 33.2 Å². The van der Waals surface area contributed by atoms with Gasteiger partial charge in [-0.25, -0.2) is 12.8 Å². The van der Waals surface area contributed by atoms with E-state index in [1.807, 2.05) is 0 Å². The molecule has 2 aromatic rings. The lowest BCUT2D eigenvalue weighted by atomic mass is 9.97. The first-order valence-electron chi connectivity index (χ1n) is 9.92. The molecular weight excluding hydrogens is 425 g/mol. The molecule has 2 aliphatic heterocycles. The highest BCUT2D eigenvalue weighted by Crippen LogP contribution is 2.33. The Hall–Kier alpha value is -2.98. The van der Waals surface area contributed by atoms with Gasteiger partial charge >= 0.3 is 0 Å². The topological polar surface area (TPSA) is 105 Å². The molecule has 31 heavy (non-hydrogen) atoms. The highest BCUT2D eigenvalue weighted by Gasteiger charge is 2.33. The first-order chi connectivity index (χ1) is 14.7. The van der Waals surface area contributed by atoms with E-state index in [0.29, 0.717) is 30.0 Å². The van der Waals surface area contributed by atoms with Crippen molar-refractivity contribution in [3.8, 4) is 5.75 Å². The fourth-order valence-corrected chi connectivity index (χ4v) is 5.13. The third-order valence-electron chi connectivity index (χ3n) is 5.46. The van der Waals surface area contributed by atoms with Crippen LogP contribution in [0.1, 0.15) is 19.8 Å². The van der Waals surface area contributed by atoms with Crippen LogP contribution in [0.2, 0.25) is 0 Å². The summed E-state index contributed by atoms with van der Waals surface area (Å²) in [7, 11) is -3.79. The van der Waals surface area contributed by atoms with Crippen molar-refractivity contribution in [3.63, 3.8) is 0 Å².